The third kappa shape index (κ3) is 5.08. The maximum atomic E-state index is 12.8. The molecular weight excluding hydrogens is 396 g/mol. The van der Waals surface area contributed by atoms with E-state index >= 15 is 0 Å². The molecule has 31 heavy (non-hydrogen) atoms. The van der Waals surface area contributed by atoms with Crippen molar-refractivity contribution in [2.24, 2.45) is 7.05 Å². The number of carbonyl (C=O) groups excluding carboxylic acids is 1. The van der Waals surface area contributed by atoms with E-state index in [9.17, 15) is 4.79 Å². The van der Waals surface area contributed by atoms with Crippen LogP contribution in [0.4, 0.5) is 0 Å². The van der Waals surface area contributed by atoms with Crippen LogP contribution in [-0.4, -0.2) is 58.8 Å². The topological polar surface area (TPSA) is 73.0 Å². The fourth-order valence-electron chi connectivity index (χ4n) is 3.73. The molecule has 1 saturated heterocycles. The second-order valence-electron chi connectivity index (χ2n) is 7.72. The molecule has 2 aromatic heterocycles. The number of furan rings is 1. The van der Waals surface area contributed by atoms with Crippen molar-refractivity contribution < 1.29 is 18.7 Å². The van der Waals surface area contributed by atoms with Gasteiger partial charge in [-0.3, -0.25) is 14.4 Å². The van der Waals surface area contributed by atoms with Gasteiger partial charge in [-0.1, -0.05) is 6.07 Å². The van der Waals surface area contributed by atoms with Crippen LogP contribution in [-0.2, 0) is 20.2 Å². The van der Waals surface area contributed by atoms with Crippen LogP contribution in [0.1, 0.15) is 27.6 Å². The maximum Gasteiger partial charge on any atom is 0.289 e. The van der Waals surface area contributed by atoms with E-state index in [1.807, 2.05) is 47.8 Å². The van der Waals surface area contributed by atoms with E-state index in [1.54, 1.807) is 19.2 Å². The Labute approximate surface area is 181 Å². The van der Waals surface area contributed by atoms with Crippen LogP contribution in [0.2, 0.25) is 0 Å². The van der Waals surface area contributed by atoms with Crippen LogP contribution in [0, 0.1) is 6.92 Å². The number of aromatic nitrogens is 2. The Morgan fingerprint density at radius 1 is 1.13 bits per heavy atom. The van der Waals surface area contributed by atoms with Gasteiger partial charge in [-0.25, -0.2) is 0 Å². The molecule has 1 aliphatic rings. The first kappa shape index (κ1) is 21.0. The van der Waals surface area contributed by atoms with E-state index < -0.39 is 0 Å². The van der Waals surface area contributed by atoms with Gasteiger partial charge >= 0.3 is 0 Å². The van der Waals surface area contributed by atoms with Crippen LogP contribution in [0.5, 0.6) is 11.5 Å². The van der Waals surface area contributed by atoms with Crippen LogP contribution in [0.25, 0.3) is 0 Å². The number of nitrogens with zero attached hydrogens (tertiary/aromatic N) is 4. The van der Waals surface area contributed by atoms with Gasteiger partial charge in [0.15, 0.2) is 5.76 Å². The highest BCUT2D eigenvalue weighted by molar-refractivity contribution is 5.91. The monoisotopic (exact) mass is 424 g/mol. The van der Waals surface area contributed by atoms with Crippen molar-refractivity contribution in [3.8, 4) is 11.5 Å². The van der Waals surface area contributed by atoms with Crippen molar-refractivity contribution in [1.82, 2.24) is 19.6 Å². The Balaban J connectivity index is 1.28. The number of hydrogen-bond donors (Lipinski definition) is 0. The fraction of sp³-hybridized carbons (Fsp3) is 0.391. The number of rotatable bonds is 7. The largest absolute Gasteiger partial charge is 0.497 e. The summed E-state index contributed by atoms with van der Waals surface area (Å²) < 4.78 is 18.5. The zero-order valence-electron chi connectivity index (χ0n) is 18.2. The summed E-state index contributed by atoms with van der Waals surface area (Å²) in [6.07, 6.45) is 2.06. The van der Waals surface area contributed by atoms with Crippen LogP contribution >= 0.6 is 0 Å². The lowest BCUT2D eigenvalue weighted by atomic mass is 10.2. The van der Waals surface area contributed by atoms with Crippen LogP contribution < -0.4 is 9.47 Å². The summed E-state index contributed by atoms with van der Waals surface area (Å²) in [5.74, 6) is 2.29. The van der Waals surface area contributed by atoms with Gasteiger partial charge in [0.2, 0.25) is 0 Å². The van der Waals surface area contributed by atoms with Crippen molar-refractivity contribution in [3.05, 3.63) is 65.4 Å². The number of ether oxygens (including phenoxy) is 2. The molecule has 1 fully saturated rings. The molecule has 3 heterocycles. The number of benzene rings is 1. The van der Waals surface area contributed by atoms with Crippen molar-refractivity contribution in [1.29, 1.82) is 0 Å². The lowest BCUT2D eigenvalue weighted by Gasteiger charge is -2.34. The van der Waals surface area contributed by atoms with E-state index in [-0.39, 0.29) is 12.5 Å². The zero-order valence-corrected chi connectivity index (χ0v) is 18.2. The van der Waals surface area contributed by atoms with Crippen LogP contribution in [0.15, 0.2) is 47.0 Å². The molecule has 1 aliphatic heterocycles. The highest BCUT2D eigenvalue weighted by Gasteiger charge is 2.25. The lowest BCUT2D eigenvalue weighted by molar-refractivity contribution is 0.0594. The Morgan fingerprint density at radius 3 is 2.61 bits per heavy atom. The van der Waals surface area contributed by atoms with Gasteiger partial charge in [-0.2, -0.15) is 5.10 Å². The molecule has 1 amide bonds. The van der Waals surface area contributed by atoms with Gasteiger partial charge in [0.1, 0.15) is 23.9 Å². The van der Waals surface area contributed by atoms with E-state index in [0.29, 0.717) is 30.4 Å². The summed E-state index contributed by atoms with van der Waals surface area (Å²) in [5, 5.41) is 4.40. The van der Waals surface area contributed by atoms with Gasteiger partial charge < -0.3 is 18.8 Å². The normalized spacial score (nSPS) is 14.6. The average Bonchev–Trinajstić information content (AvgIpc) is 3.38. The van der Waals surface area contributed by atoms with Crippen molar-refractivity contribution >= 4 is 5.91 Å². The molecule has 8 heteroatoms. The molecule has 0 radical (unpaired) electrons. The lowest BCUT2D eigenvalue weighted by Crippen LogP contribution is -2.48. The van der Waals surface area contributed by atoms with Gasteiger partial charge in [0, 0.05) is 57.6 Å². The Hall–Kier alpha value is -3.26. The summed E-state index contributed by atoms with van der Waals surface area (Å²) in [6, 6.07) is 10.9. The molecular formula is C23H28N4O4. The first-order valence-corrected chi connectivity index (χ1v) is 10.4. The zero-order chi connectivity index (χ0) is 21.8. The highest BCUT2D eigenvalue weighted by Crippen LogP contribution is 2.21. The molecule has 1 aromatic carbocycles. The number of piperazine rings is 1. The first-order chi connectivity index (χ1) is 15.0. The molecule has 0 saturated carbocycles. The molecule has 0 atom stereocenters. The predicted octanol–water partition coefficient (Wildman–Crippen LogP) is 2.87. The second-order valence-corrected chi connectivity index (χ2v) is 7.72. The molecule has 0 N–H and O–H groups in total. The Kier molecular flexibility index (Phi) is 6.27. The number of methoxy groups -OCH3 is 1. The molecule has 0 aliphatic carbocycles. The minimum Gasteiger partial charge on any atom is -0.497 e. The van der Waals surface area contributed by atoms with E-state index in [4.69, 9.17) is 13.9 Å². The fourth-order valence-corrected chi connectivity index (χ4v) is 3.73. The van der Waals surface area contributed by atoms with Crippen molar-refractivity contribution in [2.75, 3.05) is 33.3 Å². The summed E-state index contributed by atoms with van der Waals surface area (Å²) in [6.45, 7) is 6.14. The Bertz CT molecular complexity index is 1030. The molecule has 164 valence electrons. The minimum absolute atomic E-state index is 0.0789. The maximum absolute atomic E-state index is 12.8. The SMILES string of the molecule is COc1cccc(OCc2ccc(C(=O)N3CCN(Cc4cn(C)nc4C)CC3)o2)c1. The van der Waals surface area contributed by atoms with Crippen molar-refractivity contribution in [2.45, 2.75) is 20.1 Å². The van der Waals surface area contributed by atoms with Gasteiger partial charge in [-0.05, 0) is 31.2 Å². The van der Waals surface area contributed by atoms with Gasteiger partial charge in [0.25, 0.3) is 5.91 Å². The number of carbonyl (C=O) groups is 1. The second kappa shape index (κ2) is 9.26. The number of aryl methyl sites for hydroxylation is 2. The van der Waals surface area contributed by atoms with Gasteiger partial charge in [-0.15, -0.1) is 0 Å². The molecule has 0 bridgehead atoms. The Morgan fingerprint density at radius 2 is 1.90 bits per heavy atom. The van der Waals surface area contributed by atoms with E-state index in [0.717, 1.165) is 31.1 Å². The standard InChI is InChI=1S/C23H28N4O4/c1-17-18(14-25(2)24-17)15-26-9-11-27(12-10-26)23(28)22-8-7-21(31-22)16-30-20-6-4-5-19(13-20)29-3/h4-8,13-14H,9-12,15-16H2,1-3H3. The molecule has 4 rings (SSSR count). The minimum atomic E-state index is -0.0789. The molecule has 8 nitrogen and oxygen atoms in total. The average molecular weight is 425 g/mol. The summed E-state index contributed by atoms with van der Waals surface area (Å²) in [5.41, 5.74) is 2.29. The van der Waals surface area contributed by atoms with E-state index in [2.05, 4.69) is 16.2 Å². The third-order valence-electron chi connectivity index (χ3n) is 5.46. The number of hydrogen-bond acceptors (Lipinski definition) is 6. The van der Waals surface area contributed by atoms with E-state index in [1.165, 1.54) is 5.56 Å². The molecule has 3 aromatic rings. The number of amides is 1. The smallest absolute Gasteiger partial charge is 0.289 e. The molecule has 0 unspecified atom stereocenters. The third-order valence-corrected chi connectivity index (χ3v) is 5.46. The summed E-state index contributed by atoms with van der Waals surface area (Å²) >= 11 is 0. The quantitative estimate of drug-likeness (QED) is 0.581. The van der Waals surface area contributed by atoms with Crippen LogP contribution in [0.3, 0.4) is 0 Å². The predicted molar refractivity (Wildman–Crippen MR) is 115 cm³/mol. The summed E-state index contributed by atoms with van der Waals surface area (Å²) in [4.78, 5) is 17.0. The first-order valence-electron chi connectivity index (χ1n) is 10.4. The van der Waals surface area contributed by atoms with Gasteiger partial charge in [0.05, 0.1) is 12.8 Å². The molecule has 0 spiro atoms. The highest BCUT2D eigenvalue weighted by atomic mass is 16.5. The van der Waals surface area contributed by atoms with Crippen molar-refractivity contribution in [3.63, 3.8) is 0 Å². The summed E-state index contributed by atoms with van der Waals surface area (Å²) in [7, 11) is 3.55.